The van der Waals surface area contributed by atoms with E-state index < -0.39 is 0 Å². The van der Waals surface area contributed by atoms with Crippen molar-refractivity contribution in [1.82, 2.24) is 4.98 Å². The fraction of sp³-hybridized carbons (Fsp3) is 0.615. The summed E-state index contributed by atoms with van der Waals surface area (Å²) in [6, 6.07) is 4.21. The first-order valence-electron chi connectivity index (χ1n) is 6.13. The zero-order valence-electron chi connectivity index (χ0n) is 11.4. The van der Waals surface area contributed by atoms with Gasteiger partial charge in [0.05, 0.1) is 24.6 Å². The summed E-state index contributed by atoms with van der Waals surface area (Å²) in [5.41, 5.74) is 7.70. The van der Waals surface area contributed by atoms with E-state index >= 15 is 0 Å². The number of ether oxygens (including phenoxy) is 2. The van der Waals surface area contributed by atoms with Crippen LogP contribution in [-0.2, 0) is 16.0 Å². The van der Waals surface area contributed by atoms with Crippen LogP contribution in [-0.4, -0.2) is 45.0 Å². The maximum absolute atomic E-state index is 5.74. The standard InChI is InChI=1S/C13H23N3O2/c1-11(10-18-3)16(7-8-17-2)13-5-4-6-15-12(13)9-14/h4-6,11H,7-10,14H2,1-3H3. The average molecular weight is 253 g/mol. The summed E-state index contributed by atoms with van der Waals surface area (Å²) in [6.07, 6.45) is 1.77. The number of nitrogens with two attached hydrogens (primary N) is 1. The maximum Gasteiger partial charge on any atom is 0.0772 e. The fourth-order valence-electron chi connectivity index (χ4n) is 1.95. The normalized spacial score (nSPS) is 12.4. The van der Waals surface area contributed by atoms with Crippen molar-refractivity contribution in [3.05, 3.63) is 24.0 Å². The molecule has 1 aromatic rings. The summed E-state index contributed by atoms with van der Waals surface area (Å²) in [6.45, 7) is 4.65. The molecule has 0 spiro atoms. The Bertz CT molecular complexity index is 347. The molecule has 0 aliphatic carbocycles. The second-order valence-electron chi connectivity index (χ2n) is 4.16. The van der Waals surface area contributed by atoms with Gasteiger partial charge in [-0.25, -0.2) is 0 Å². The number of methoxy groups -OCH3 is 2. The minimum atomic E-state index is 0.250. The second kappa shape index (κ2) is 8.02. The van der Waals surface area contributed by atoms with Crippen LogP contribution in [0.4, 0.5) is 5.69 Å². The molecule has 1 unspecified atom stereocenters. The van der Waals surface area contributed by atoms with E-state index in [9.17, 15) is 0 Å². The molecule has 0 saturated heterocycles. The van der Waals surface area contributed by atoms with Gasteiger partial charge < -0.3 is 20.1 Å². The lowest BCUT2D eigenvalue weighted by Gasteiger charge is -2.31. The summed E-state index contributed by atoms with van der Waals surface area (Å²) in [5.74, 6) is 0. The van der Waals surface area contributed by atoms with Gasteiger partial charge in [0.1, 0.15) is 0 Å². The lowest BCUT2D eigenvalue weighted by Crippen LogP contribution is -2.39. The third kappa shape index (κ3) is 3.94. The molecular formula is C13H23N3O2. The smallest absolute Gasteiger partial charge is 0.0772 e. The Hall–Kier alpha value is -1.17. The predicted molar refractivity (Wildman–Crippen MR) is 72.7 cm³/mol. The van der Waals surface area contributed by atoms with Crippen molar-refractivity contribution in [2.75, 3.05) is 38.9 Å². The number of hydrogen-bond acceptors (Lipinski definition) is 5. The van der Waals surface area contributed by atoms with Gasteiger partial charge in [-0.3, -0.25) is 4.98 Å². The van der Waals surface area contributed by atoms with Gasteiger partial charge in [0, 0.05) is 39.5 Å². The molecule has 0 aromatic carbocycles. The highest BCUT2D eigenvalue weighted by atomic mass is 16.5. The van der Waals surface area contributed by atoms with Gasteiger partial charge in [-0.05, 0) is 19.1 Å². The predicted octanol–water partition coefficient (Wildman–Crippen LogP) is 1.03. The molecule has 0 amide bonds. The number of anilines is 1. The SMILES string of the molecule is COCCN(c1cccnc1CN)C(C)COC. The van der Waals surface area contributed by atoms with E-state index in [4.69, 9.17) is 15.2 Å². The van der Waals surface area contributed by atoms with Crippen molar-refractivity contribution in [2.45, 2.75) is 19.5 Å². The van der Waals surface area contributed by atoms with E-state index in [1.807, 2.05) is 12.1 Å². The lowest BCUT2D eigenvalue weighted by molar-refractivity contribution is 0.171. The fourth-order valence-corrected chi connectivity index (χ4v) is 1.95. The molecule has 2 N–H and O–H groups in total. The van der Waals surface area contributed by atoms with Crippen LogP contribution in [0.2, 0.25) is 0 Å². The van der Waals surface area contributed by atoms with Crippen molar-refractivity contribution in [3.63, 3.8) is 0 Å². The van der Waals surface area contributed by atoms with Crippen LogP contribution in [0.15, 0.2) is 18.3 Å². The second-order valence-corrected chi connectivity index (χ2v) is 4.16. The Morgan fingerprint density at radius 1 is 1.39 bits per heavy atom. The molecule has 5 nitrogen and oxygen atoms in total. The van der Waals surface area contributed by atoms with E-state index in [0.29, 0.717) is 19.8 Å². The first-order chi connectivity index (χ1) is 8.74. The Labute approximate surface area is 109 Å². The van der Waals surface area contributed by atoms with E-state index in [2.05, 4.69) is 16.8 Å². The number of pyridine rings is 1. The van der Waals surface area contributed by atoms with Crippen molar-refractivity contribution in [1.29, 1.82) is 0 Å². The van der Waals surface area contributed by atoms with Crippen LogP contribution >= 0.6 is 0 Å². The summed E-state index contributed by atoms with van der Waals surface area (Å²) in [5, 5.41) is 0. The van der Waals surface area contributed by atoms with Crippen LogP contribution in [0.25, 0.3) is 0 Å². The quantitative estimate of drug-likeness (QED) is 0.749. The molecule has 0 radical (unpaired) electrons. The summed E-state index contributed by atoms with van der Waals surface area (Å²) >= 11 is 0. The van der Waals surface area contributed by atoms with E-state index in [0.717, 1.165) is 17.9 Å². The monoisotopic (exact) mass is 253 g/mol. The maximum atomic E-state index is 5.74. The highest BCUT2D eigenvalue weighted by Gasteiger charge is 2.17. The molecule has 1 aromatic heterocycles. The summed E-state index contributed by atoms with van der Waals surface area (Å²) in [7, 11) is 3.41. The van der Waals surface area contributed by atoms with Crippen molar-refractivity contribution in [3.8, 4) is 0 Å². The van der Waals surface area contributed by atoms with Gasteiger partial charge in [0.2, 0.25) is 0 Å². The van der Waals surface area contributed by atoms with Crippen molar-refractivity contribution in [2.24, 2.45) is 5.73 Å². The molecule has 0 saturated carbocycles. The van der Waals surface area contributed by atoms with Crippen LogP contribution in [0.1, 0.15) is 12.6 Å². The highest BCUT2D eigenvalue weighted by molar-refractivity contribution is 5.51. The number of nitrogens with zero attached hydrogens (tertiary/aromatic N) is 2. The van der Waals surface area contributed by atoms with Gasteiger partial charge in [0.15, 0.2) is 0 Å². The van der Waals surface area contributed by atoms with E-state index in [-0.39, 0.29) is 6.04 Å². The first-order valence-corrected chi connectivity index (χ1v) is 6.13. The molecule has 1 rings (SSSR count). The molecule has 18 heavy (non-hydrogen) atoms. The van der Waals surface area contributed by atoms with Crippen LogP contribution in [0, 0.1) is 0 Å². The Balaban J connectivity index is 2.92. The Kier molecular flexibility index (Phi) is 6.64. The molecule has 0 fully saturated rings. The number of rotatable bonds is 8. The molecule has 1 atom stereocenters. The van der Waals surface area contributed by atoms with Crippen LogP contribution < -0.4 is 10.6 Å². The van der Waals surface area contributed by atoms with E-state index in [1.54, 1.807) is 20.4 Å². The minimum absolute atomic E-state index is 0.250. The number of hydrogen-bond donors (Lipinski definition) is 1. The van der Waals surface area contributed by atoms with Crippen LogP contribution in [0.3, 0.4) is 0 Å². The topological polar surface area (TPSA) is 60.6 Å². The summed E-state index contributed by atoms with van der Waals surface area (Å²) in [4.78, 5) is 6.54. The van der Waals surface area contributed by atoms with E-state index in [1.165, 1.54) is 0 Å². The average Bonchev–Trinajstić information content (AvgIpc) is 2.40. The largest absolute Gasteiger partial charge is 0.383 e. The van der Waals surface area contributed by atoms with Crippen LogP contribution in [0.5, 0.6) is 0 Å². The molecule has 0 aliphatic heterocycles. The molecule has 5 heteroatoms. The third-order valence-electron chi connectivity index (χ3n) is 2.85. The number of aromatic nitrogens is 1. The van der Waals surface area contributed by atoms with Gasteiger partial charge in [-0.15, -0.1) is 0 Å². The minimum Gasteiger partial charge on any atom is -0.383 e. The van der Waals surface area contributed by atoms with Gasteiger partial charge in [-0.2, -0.15) is 0 Å². The zero-order valence-corrected chi connectivity index (χ0v) is 11.4. The Morgan fingerprint density at radius 2 is 2.17 bits per heavy atom. The van der Waals surface area contributed by atoms with Gasteiger partial charge in [0.25, 0.3) is 0 Å². The summed E-state index contributed by atoms with van der Waals surface area (Å²) < 4.78 is 10.4. The third-order valence-corrected chi connectivity index (χ3v) is 2.85. The van der Waals surface area contributed by atoms with Gasteiger partial charge >= 0.3 is 0 Å². The highest BCUT2D eigenvalue weighted by Crippen LogP contribution is 2.20. The molecule has 102 valence electrons. The zero-order chi connectivity index (χ0) is 13.4. The van der Waals surface area contributed by atoms with Gasteiger partial charge in [-0.1, -0.05) is 0 Å². The Morgan fingerprint density at radius 3 is 2.78 bits per heavy atom. The molecule has 1 heterocycles. The first kappa shape index (κ1) is 14.9. The molecule has 0 bridgehead atoms. The van der Waals surface area contributed by atoms with Crippen molar-refractivity contribution < 1.29 is 9.47 Å². The lowest BCUT2D eigenvalue weighted by atomic mass is 10.2. The molecular weight excluding hydrogens is 230 g/mol. The molecule has 0 aliphatic rings. The van der Waals surface area contributed by atoms with Crippen molar-refractivity contribution >= 4 is 5.69 Å².